The monoisotopic (exact) mass is 415 g/mol. The third-order valence-corrected chi connectivity index (χ3v) is 5.90. The maximum Gasteiger partial charge on any atom is 0.416 e. The largest absolute Gasteiger partial charge is 0.493 e. The molecule has 0 spiro atoms. The Morgan fingerprint density at radius 1 is 1.00 bits per heavy atom. The molecule has 1 N–H and O–H groups in total. The summed E-state index contributed by atoms with van der Waals surface area (Å²) in [7, 11) is -2.56. The summed E-state index contributed by atoms with van der Waals surface area (Å²) < 4.78 is 76.5. The Labute approximate surface area is 161 Å². The van der Waals surface area contributed by atoms with Gasteiger partial charge in [0.25, 0.3) is 10.0 Å². The first kappa shape index (κ1) is 20.3. The molecule has 0 aromatic heterocycles. The van der Waals surface area contributed by atoms with E-state index in [1.807, 2.05) is 0 Å². The molecule has 28 heavy (non-hydrogen) atoms. The number of benzene rings is 2. The van der Waals surface area contributed by atoms with Crippen molar-refractivity contribution in [2.45, 2.75) is 42.9 Å². The Hall–Kier alpha value is -2.42. The highest BCUT2D eigenvalue weighted by molar-refractivity contribution is 7.92. The number of hydrogen-bond donors (Lipinski definition) is 1. The van der Waals surface area contributed by atoms with Crippen molar-refractivity contribution in [3.8, 4) is 11.5 Å². The van der Waals surface area contributed by atoms with Gasteiger partial charge in [0.2, 0.25) is 0 Å². The van der Waals surface area contributed by atoms with Crippen LogP contribution in [-0.4, -0.2) is 21.6 Å². The van der Waals surface area contributed by atoms with E-state index in [1.165, 1.54) is 19.2 Å². The number of ether oxygens (including phenoxy) is 2. The number of anilines is 1. The molecule has 0 unspecified atom stereocenters. The van der Waals surface area contributed by atoms with E-state index in [0.29, 0.717) is 11.5 Å². The molecular weight excluding hydrogens is 395 g/mol. The maximum absolute atomic E-state index is 12.7. The SMILES string of the molecule is COc1ccc(NS(=O)(=O)c2ccc(C(F)(F)F)cc2)cc1OC1CCCC1. The van der Waals surface area contributed by atoms with E-state index in [1.54, 1.807) is 6.07 Å². The molecule has 1 fully saturated rings. The van der Waals surface area contributed by atoms with Crippen molar-refractivity contribution in [1.82, 2.24) is 0 Å². The van der Waals surface area contributed by atoms with Gasteiger partial charge in [0.15, 0.2) is 11.5 Å². The predicted molar refractivity (Wildman–Crippen MR) is 98.1 cm³/mol. The first-order chi connectivity index (χ1) is 13.2. The van der Waals surface area contributed by atoms with Crippen molar-refractivity contribution in [3.63, 3.8) is 0 Å². The highest BCUT2D eigenvalue weighted by Crippen LogP contribution is 2.35. The van der Waals surface area contributed by atoms with Gasteiger partial charge in [0.1, 0.15) is 0 Å². The van der Waals surface area contributed by atoms with E-state index in [4.69, 9.17) is 9.47 Å². The molecule has 0 heterocycles. The number of methoxy groups -OCH3 is 1. The first-order valence-corrected chi connectivity index (χ1v) is 10.2. The Bertz CT molecular complexity index is 921. The van der Waals surface area contributed by atoms with E-state index in [0.717, 1.165) is 49.9 Å². The summed E-state index contributed by atoms with van der Waals surface area (Å²) >= 11 is 0. The highest BCUT2D eigenvalue weighted by Gasteiger charge is 2.30. The van der Waals surface area contributed by atoms with Gasteiger partial charge in [-0.1, -0.05) is 0 Å². The lowest BCUT2D eigenvalue weighted by Crippen LogP contribution is -2.15. The van der Waals surface area contributed by atoms with Crippen LogP contribution >= 0.6 is 0 Å². The zero-order chi connectivity index (χ0) is 20.4. The van der Waals surface area contributed by atoms with Crippen molar-refractivity contribution in [3.05, 3.63) is 48.0 Å². The van der Waals surface area contributed by atoms with E-state index in [9.17, 15) is 21.6 Å². The second-order valence-corrected chi connectivity index (χ2v) is 8.20. The lowest BCUT2D eigenvalue weighted by atomic mass is 10.2. The molecule has 0 atom stereocenters. The van der Waals surface area contributed by atoms with Crippen molar-refractivity contribution in [1.29, 1.82) is 0 Å². The minimum Gasteiger partial charge on any atom is -0.493 e. The lowest BCUT2D eigenvalue weighted by molar-refractivity contribution is -0.137. The molecule has 2 aromatic rings. The van der Waals surface area contributed by atoms with E-state index in [2.05, 4.69) is 4.72 Å². The number of hydrogen-bond acceptors (Lipinski definition) is 4. The third-order valence-electron chi connectivity index (χ3n) is 4.50. The number of halogens is 3. The van der Waals surface area contributed by atoms with Crippen molar-refractivity contribution >= 4 is 15.7 Å². The van der Waals surface area contributed by atoms with Crippen LogP contribution in [-0.2, 0) is 16.2 Å². The Morgan fingerprint density at radius 2 is 1.64 bits per heavy atom. The number of sulfonamides is 1. The van der Waals surface area contributed by atoms with Gasteiger partial charge in [-0.05, 0) is 62.1 Å². The van der Waals surface area contributed by atoms with Crippen LogP contribution in [0.15, 0.2) is 47.4 Å². The standard InChI is InChI=1S/C19H20F3NO4S/c1-26-17-11-8-14(12-18(17)27-15-4-2-3-5-15)23-28(24,25)16-9-6-13(7-10-16)19(20,21)22/h6-12,15,23H,2-5H2,1H3. The summed E-state index contributed by atoms with van der Waals surface area (Å²) in [5, 5.41) is 0. The van der Waals surface area contributed by atoms with Crippen LogP contribution in [0.5, 0.6) is 11.5 Å². The van der Waals surface area contributed by atoms with Crippen LogP contribution in [0, 0.1) is 0 Å². The first-order valence-electron chi connectivity index (χ1n) is 8.74. The summed E-state index contributed by atoms with van der Waals surface area (Å²) in [6.45, 7) is 0. The molecule has 152 valence electrons. The summed E-state index contributed by atoms with van der Waals surface area (Å²) in [5.74, 6) is 0.895. The molecule has 0 aliphatic heterocycles. The van der Waals surface area contributed by atoms with E-state index < -0.39 is 21.8 Å². The second kappa shape index (κ2) is 7.90. The fraction of sp³-hybridized carbons (Fsp3) is 0.368. The quantitative estimate of drug-likeness (QED) is 0.734. The summed E-state index contributed by atoms with van der Waals surface area (Å²) in [6.07, 6.45) is -0.482. The predicted octanol–water partition coefficient (Wildman–Crippen LogP) is 4.84. The van der Waals surface area contributed by atoms with Crippen LogP contribution in [0.4, 0.5) is 18.9 Å². The second-order valence-electron chi connectivity index (χ2n) is 6.52. The fourth-order valence-electron chi connectivity index (χ4n) is 3.06. The normalized spacial score (nSPS) is 15.4. The van der Waals surface area contributed by atoms with Gasteiger partial charge in [-0.3, -0.25) is 4.72 Å². The average Bonchev–Trinajstić information content (AvgIpc) is 3.14. The maximum atomic E-state index is 12.7. The van der Waals surface area contributed by atoms with Gasteiger partial charge >= 0.3 is 6.18 Å². The molecule has 2 aromatic carbocycles. The smallest absolute Gasteiger partial charge is 0.416 e. The lowest BCUT2D eigenvalue weighted by Gasteiger charge is -2.17. The van der Waals surface area contributed by atoms with Gasteiger partial charge in [-0.2, -0.15) is 13.2 Å². The molecule has 1 aliphatic carbocycles. The van der Waals surface area contributed by atoms with Crippen molar-refractivity contribution in [2.24, 2.45) is 0 Å². The zero-order valence-corrected chi connectivity index (χ0v) is 15.9. The Kier molecular flexibility index (Phi) is 5.74. The van der Waals surface area contributed by atoms with Crippen LogP contribution in [0.25, 0.3) is 0 Å². The summed E-state index contributed by atoms with van der Waals surface area (Å²) in [5.41, 5.74) is -0.683. The minimum atomic E-state index is -4.53. The topological polar surface area (TPSA) is 64.6 Å². The van der Waals surface area contributed by atoms with Crippen LogP contribution in [0.2, 0.25) is 0 Å². The number of nitrogens with one attached hydrogen (secondary N) is 1. The van der Waals surface area contributed by atoms with E-state index >= 15 is 0 Å². The fourth-order valence-corrected chi connectivity index (χ4v) is 4.10. The average molecular weight is 415 g/mol. The Balaban J connectivity index is 1.81. The summed E-state index contributed by atoms with van der Waals surface area (Å²) in [4.78, 5) is -0.269. The van der Waals surface area contributed by atoms with Gasteiger partial charge in [0.05, 0.1) is 29.4 Å². The molecular formula is C19H20F3NO4S. The molecule has 1 aliphatic rings. The molecule has 1 saturated carbocycles. The summed E-state index contributed by atoms with van der Waals surface area (Å²) in [6, 6.07) is 7.90. The van der Waals surface area contributed by atoms with Crippen molar-refractivity contribution in [2.75, 3.05) is 11.8 Å². The molecule has 9 heteroatoms. The van der Waals surface area contributed by atoms with Crippen LogP contribution in [0.1, 0.15) is 31.2 Å². The van der Waals surface area contributed by atoms with Crippen molar-refractivity contribution < 1.29 is 31.1 Å². The highest BCUT2D eigenvalue weighted by atomic mass is 32.2. The van der Waals surface area contributed by atoms with Gasteiger partial charge in [-0.25, -0.2) is 8.42 Å². The minimum absolute atomic E-state index is 0.0515. The molecule has 0 saturated heterocycles. The zero-order valence-electron chi connectivity index (χ0n) is 15.1. The third kappa shape index (κ3) is 4.70. The Morgan fingerprint density at radius 3 is 2.21 bits per heavy atom. The van der Waals surface area contributed by atoms with Crippen LogP contribution < -0.4 is 14.2 Å². The van der Waals surface area contributed by atoms with Gasteiger partial charge < -0.3 is 9.47 Å². The number of rotatable bonds is 6. The van der Waals surface area contributed by atoms with Crippen LogP contribution in [0.3, 0.4) is 0 Å². The van der Waals surface area contributed by atoms with E-state index in [-0.39, 0.29) is 16.7 Å². The molecule has 0 radical (unpaired) electrons. The van der Waals surface area contributed by atoms with Gasteiger partial charge in [0, 0.05) is 6.07 Å². The molecule has 0 bridgehead atoms. The molecule has 0 amide bonds. The molecule has 5 nitrogen and oxygen atoms in total. The number of alkyl halides is 3. The molecule has 3 rings (SSSR count). The van der Waals surface area contributed by atoms with Gasteiger partial charge in [-0.15, -0.1) is 0 Å².